The summed E-state index contributed by atoms with van der Waals surface area (Å²) in [5.74, 6) is -2.05. The maximum Gasteiger partial charge on any atom is 0.313 e. The van der Waals surface area contributed by atoms with E-state index >= 15 is 0 Å². The summed E-state index contributed by atoms with van der Waals surface area (Å²) in [7, 11) is 0. The van der Waals surface area contributed by atoms with Crippen LogP contribution >= 0.6 is 0 Å². The Morgan fingerprint density at radius 2 is 1.97 bits per heavy atom. The van der Waals surface area contributed by atoms with Crippen molar-refractivity contribution in [2.45, 2.75) is 25.8 Å². The van der Waals surface area contributed by atoms with Gasteiger partial charge in [-0.05, 0) is 30.4 Å². The summed E-state index contributed by atoms with van der Waals surface area (Å²) in [6.07, 6.45) is 2.95. The Bertz CT molecular complexity index is 984. The topological polar surface area (TPSA) is 129 Å². The van der Waals surface area contributed by atoms with E-state index in [0.717, 1.165) is 18.4 Å². The maximum absolute atomic E-state index is 12.9. The fourth-order valence-electron chi connectivity index (χ4n) is 3.52. The summed E-state index contributed by atoms with van der Waals surface area (Å²) in [5, 5.41) is 11.5. The zero-order valence-electron chi connectivity index (χ0n) is 16.0. The molecule has 148 valence electrons. The number of nitrogens with zero attached hydrogens (tertiary/aromatic N) is 3. The van der Waals surface area contributed by atoms with Crippen molar-refractivity contribution >= 4 is 23.4 Å². The summed E-state index contributed by atoms with van der Waals surface area (Å²) in [6.45, 7) is 2.52. The Kier molecular flexibility index (Phi) is 5.88. The van der Waals surface area contributed by atoms with Crippen LogP contribution in [0.1, 0.15) is 47.4 Å². The molecular formula is C21H21N5O3. The van der Waals surface area contributed by atoms with E-state index in [1.165, 1.54) is 12.3 Å². The van der Waals surface area contributed by atoms with Crippen LogP contribution in [-0.2, 0) is 9.59 Å². The van der Waals surface area contributed by atoms with Crippen molar-refractivity contribution in [1.29, 1.82) is 5.26 Å². The molecule has 0 spiro atoms. The molecule has 2 heterocycles. The lowest BCUT2D eigenvalue weighted by atomic mass is 9.90. The first kappa shape index (κ1) is 20.0. The van der Waals surface area contributed by atoms with E-state index in [1.54, 1.807) is 11.0 Å². The van der Waals surface area contributed by atoms with Gasteiger partial charge in [-0.3, -0.25) is 14.4 Å². The molecule has 29 heavy (non-hydrogen) atoms. The smallest absolute Gasteiger partial charge is 0.313 e. The molecule has 2 unspecified atom stereocenters. The zero-order valence-corrected chi connectivity index (χ0v) is 16.0. The second-order valence-electron chi connectivity index (χ2n) is 7.12. The van der Waals surface area contributed by atoms with E-state index in [1.807, 2.05) is 37.3 Å². The predicted molar refractivity (Wildman–Crippen MR) is 105 cm³/mol. The molecular weight excluding hydrogens is 370 g/mol. The molecule has 1 aliphatic heterocycles. The molecule has 8 nitrogen and oxygen atoms in total. The van der Waals surface area contributed by atoms with Crippen LogP contribution in [0, 0.1) is 17.2 Å². The number of hydrogen-bond donors (Lipinski definition) is 2. The lowest BCUT2D eigenvalue weighted by Crippen LogP contribution is -2.46. The first-order valence-electron chi connectivity index (χ1n) is 9.27. The monoisotopic (exact) mass is 391 g/mol. The van der Waals surface area contributed by atoms with Gasteiger partial charge in [-0.2, -0.15) is 5.26 Å². The van der Waals surface area contributed by atoms with Gasteiger partial charge in [-0.15, -0.1) is 0 Å². The molecule has 0 saturated carbocycles. The lowest BCUT2D eigenvalue weighted by Gasteiger charge is -2.38. The summed E-state index contributed by atoms with van der Waals surface area (Å²) in [4.78, 5) is 42.4. The molecule has 3 amide bonds. The summed E-state index contributed by atoms with van der Waals surface area (Å²) in [5.41, 5.74) is 6.09. The zero-order chi connectivity index (χ0) is 21.0. The molecule has 8 heteroatoms. The lowest BCUT2D eigenvalue weighted by molar-refractivity contribution is -0.146. The Morgan fingerprint density at radius 1 is 1.24 bits per heavy atom. The standard InChI is InChI=1S/C21H21N5O3/c1-13-7-8-18(14-5-3-2-4-6-14)26(12-13)21(29)20(28)25-15-9-16(19(23)27)17(10-22)24-11-15/h2-6,9,11,13,18H,7-8,12H2,1H3,(H2,23,27)(H,25,28). The van der Waals surface area contributed by atoms with E-state index in [2.05, 4.69) is 10.3 Å². The number of aromatic nitrogens is 1. The highest BCUT2D eigenvalue weighted by Crippen LogP contribution is 2.33. The third-order valence-electron chi connectivity index (χ3n) is 4.97. The molecule has 2 aromatic rings. The van der Waals surface area contributed by atoms with Gasteiger partial charge in [-0.25, -0.2) is 4.98 Å². The third-order valence-corrected chi connectivity index (χ3v) is 4.97. The number of carbonyl (C=O) groups excluding carboxylic acids is 3. The number of amides is 3. The van der Waals surface area contributed by atoms with Gasteiger partial charge in [-0.1, -0.05) is 37.3 Å². The fourth-order valence-corrected chi connectivity index (χ4v) is 3.52. The molecule has 1 aliphatic rings. The molecule has 1 aromatic heterocycles. The highest BCUT2D eigenvalue weighted by Gasteiger charge is 2.34. The third kappa shape index (κ3) is 4.41. The number of carbonyl (C=O) groups is 3. The maximum atomic E-state index is 12.9. The first-order valence-corrected chi connectivity index (χ1v) is 9.27. The number of piperidine rings is 1. The van der Waals surface area contributed by atoms with Gasteiger partial charge in [0.25, 0.3) is 5.91 Å². The molecule has 1 aromatic carbocycles. The number of nitrogens with two attached hydrogens (primary N) is 1. The van der Waals surface area contributed by atoms with Crippen LogP contribution in [0.4, 0.5) is 5.69 Å². The largest absolute Gasteiger partial charge is 0.366 e. The van der Waals surface area contributed by atoms with Crippen molar-refractivity contribution in [2.75, 3.05) is 11.9 Å². The van der Waals surface area contributed by atoms with Gasteiger partial charge in [0.15, 0.2) is 5.69 Å². The summed E-state index contributed by atoms with van der Waals surface area (Å²) >= 11 is 0. The first-order chi connectivity index (χ1) is 13.9. The van der Waals surface area contributed by atoms with Gasteiger partial charge in [0.1, 0.15) is 6.07 Å². The number of rotatable bonds is 3. The van der Waals surface area contributed by atoms with Crippen LogP contribution < -0.4 is 11.1 Å². The van der Waals surface area contributed by atoms with Crippen molar-refractivity contribution in [3.63, 3.8) is 0 Å². The molecule has 3 rings (SSSR count). The minimum atomic E-state index is -0.842. The Labute approximate surface area is 168 Å². The molecule has 3 N–H and O–H groups in total. The van der Waals surface area contributed by atoms with Gasteiger partial charge in [0, 0.05) is 6.54 Å². The molecule has 0 aliphatic carbocycles. The van der Waals surface area contributed by atoms with Crippen molar-refractivity contribution in [1.82, 2.24) is 9.88 Å². The number of nitrogens with one attached hydrogen (secondary N) is 1. The van der Waals surface area contributed by atoms with Crippen LogP contribution in [0.2, 0.25) is 0 Å². The SMILES string of the molecule is CC1CCC(c2ccccc2)N(C(=O)C(=O)Nc2cnc(C#N)c(C(N)=O)c2)C1. The molecule has 0 radical (unpaired) electrons. The van der Waals surface area contributed by atoms with E-state index in [-0.39, 0.29) is 28.9 Å². The van der Waals surface area contributed by atoms with Crippen LogP contribution in [0.25, 0.3) is 0 Å². The van der Waals surface area contributed by atoms with Crippen molar-refractivity contribution in [2.24, 2.45) is 11.7 Å². The minimum absolute atomic E-state index is 0.119. The fraction of sp³-hybridized carbons (Fsp3) is 0.286. The molecule has 0 bridgehead atoms. The number of pyridine rings is 1. The van der Waals surface area contributed by atoms with Crippen LogP contribution in [-0.4, -0.2) is 34.2 Å². The minimum Gasteiger partial charge on any atom is -0.366 e. The Hall–Kier alpha value is -3.73. The average Bonchev–Trinajstić information content (AvgIpc) is 2.73. The quantitative estimate of drug-likeness (QED) is 0.773. The number of hydrogen-bond acceptors (Lipinski definition) is 5. The summed E-state index contributed by atoms with van der Waals surface area (Å²) < 4.78 is 0. The van der Waals surface area contributed by atoms with Gasteiger partial charge < -0.3 is 16.0 Å². The van der Waals surface area contributed by atoms with E-state index in [0.29, 0.717) is 6.54 Å². The summed E-state index contributed by atoms with van der Waals surface area (Å²) in [6, 6.07) is 12.4. The number of likely N-dealkylation sites (tertiary alicyclic amines) is 1. The second-order valence-corrected chi connectivity index (χ2v) is 7.12. The Morgan fingerprint density at radius 3 is 2.62 bits per heavy atom. The van der Waals surface area contributed by atoms with Crippen molar-refractivity contribution in [3.05, 3.63) is 59.4 Å². The molecule has 1 fully saturated rings. The second kappa shape index (κ2) is 8.52. The number of anilines is 1. The van der Waals surface area contributed by atoms with Crippen molar-refractivity contribution < 1.29 is 14.4 Å². The van der Waals surface area contributed by atoms with E-state index in [4.69, 9.17) is 11.0 Å². The van der Waals surface area contributed by atoms with E-state index in [9.17, 15) is 14.4 Å². The highest BCUT2D eigenvalue weighted by molar-refractivity contribution is 6.39. The van der Waals surface area contributed by atoms with Gasteiger partial charge >= 0.3 is 11.8 Å². The van der Waals surface area contributed by atoms with Crippen LogP contribution in [0.15, 0.2) is 42.6 Å². The number of primary amides is 1. The average molecular weight is 391 g/mol. The highest BCUT2D eigenvalue weighted by atomic mass is 16.2. The van der Waals surface area contributed by atoms with Crippen molar-refractivity contribution in [3.8, 4) is 6.07 Å². The number of nitriles is 1. The Balaban J connectivity index is 1.81. The molecule has 2 atom stereocenters. The predicted octanol–water partition coefficient (Wildman–Crippen LogP) is 1.99. The van der Waals surface area contributed by atoms with E-state index < -0.39 is 17.7 Å². The van der Waals surface area contributed by atoms with Crippen LogP contribution in [0.3, 0.4) is 0 Å². The van der Waals surface area contributed by atoms with Gasteiger partial charge in [0.05, 0.1) is 23.5 Å². The van der Waals surface area contributed by atoms with Gasteiger partial charge in [0.2, 0.25) is 0 Å². The normalized spacial score (nSPS) is 18.6. The molecule has 1 saturated heterocycles. The van der Waals surface area contributed by atoms with Crippen LogP contribution in [0.5, 0.6) is 0 Å². The number of benzene rings is 1.